The molecule has 0 aliphatic carbocycles. The Balaban J connectivity index is 1.65. The van der Waals surface area contributed by atoms with Crippen molar-refractivity contribution in [1.29, 1.82) is 0 Å². The molecule has 148 valence electrons. The van der Waals surface area contributed by atoms with Crippen LogP contribution in [0.2, 0.25) is 0 Å². The number of benzene rings is 2. The SMILES string of the molecule is Cc1cc(C(=O)N2CCC(Cc3ccc(F)cc3)C2)cc(C)c1OCC(=O)O. The molecule has 1 amide bonds. The van der Waals surface area contributed by atoms with E-state index in [0.717, 1.165) is 29.5 Å². The molecule has 0 aromatic heterocycles. The monoisotopic (exact) mass is 385 g/mol. The first kappa shape index (κ1) is 19.9. The highest BCUT2D eigenvalue weighted by atomic mass is 19.1. The van der Waals surface area contributed by atoms with Gasteiger partial charge in [0.05, 0.1) is 0 Å². The lowest BCUT2D eigenvalue weighted by Crippen LogP contribution is -2.29. The number of halogens is 1. The topological polar surface area (TPSA) is 66.8 Å². The van der Waals surface area contributed by atoms with Gasteiger partial charge in [-0.25, -0.2) is 9.18 Å². The van der Waals surface area contributed by atoms with Crippen LogP contribution >= 0.6 is 0 Å². The van der Waals surface area contributed by atoms with Gasteiger partial charge in [-0.1, -0.05) is 12.1 Å². The van der Waals surface area contributed by atoms with Crippen molar-refractivity contribution in [2.75, 3.05) is 19.7 Å². The van der Waals surface area contributed by atoms with Gasteiger partial charge in [0.25, 0.3) is 5.91 Å². The van der Waals surface area contributed by atoms with Crippen LogP contribution in [-0.2, 0) is 11.2 Å². The molecule has 1 N–H and O–H groups in total. The molecule has 1 heterocycles. The van der Waals surface area contributed by atoms with E-state index in [2.05, 4.69) is 0 Å². The Kier molecular flexibility index (Phi) is 5.97. The van der Waals surface area contributed by atoms with E-state index in [1.807, 2.05) is 18.7 Å². The maximum Gasteiger partial charge on any atom is 0.341 e. The third-order valence-corrected chi connectivity index (χ3v) is 5.06. The molecule has 5 nitrogen and oxygen atoms in total. The lowest BCUT2D eigenvalue weighted by Gasteiger charge is -2.19. The average Bonchev–Trinajstić information content (AvgIpc) is 3.10. The summed E-state index contributed by atoms with van der Waals surface area (Å²) in [6.45, 7) is 4.57. The van der Waals surface area contributed by atoms with E-state index in [9.17, 15) is 14.0 Å². The van der Waals surface area contributed by atoms with Crippen molar-refractivity contribution >= 4 is 11.9 Å². The Morgan fingerprint density at radius 3 is 2.43 bits per heavy atom. The van der Waals surface area contributed by atoms with Crippen molar-refractivity contribution in [1.82, 2.24) is 4.90 Å². The highest BCUT2D eigenvalue weighted by molar-refractivity contribution is 5.95. The van der Waals surface area contributed by atoms with Gasteiger partial charge >= 0.3 is 5.97 Å². The zero-order chi connectivity index (χ0) is 20.3. The number of hydrogen-bond donors (Lipinski definition) is 1. The molecule has 0 bridgehead atoms. The van der Waals surface area contributed by atoms with Gasteiger partial charge in [-0.3, -0.25) is 4.79 Å². The third-order valence-electron chi connectivity index (χ3n) is 5.06. The first-order chi connectivity index (χ1) is 13.3. The quantitative estimate of drug-likeness (QED) is 0.825. The van der Waals surface area contributed by atoms with Crippen LogP contribution in [-0.4, -0.2) is 41.6 Å². The van der Waals surface area contributed by atoms with Crippen molar-refractivity contribution in [3.63, 3.8) is 0 Å². The molecule has 28 heavy (non-hydrogen) atoms. The van der Waals surface area contributed by atoms with Crippen LogP contribution in [0.15, 0.2) is 36.4 Å². The van der Waals surface area contributed by atoms with Crippen molar-refractivity contribution in [2.24, 2.45) is 5.92 Å². The van der Waals surface area contributed by atoms with Gasteiger partial charge in [-0.15, -0.1) is 0 Å². The molecule has 1 atom stereocenters. The van der Waals surface area contributed by atoms with Crippen LogP contribution in [0.5, 0.6) is 5.75 Å². The summed E-state index contributed by atoms with van der Waals surface area (Å²) in [5.41, 5.74) is 3.14. The van der Waals surface area contributed by atoms with Crippen LogP contribution in [0.1, 0.15) is 33.5 Å². The molecular formula is C22H24FNO4. The summed E-state index contributed by atoms with van der Waals surface area (Å²) in [5, 5.41) is 8.78. The van der Waals surface area contributed by atoms with Crippen LogP contribution < -0.4 is 4.74 Å². The number of hydrogen-bond acceptors (Lipinski definition) is 3. The van der Waals surface area contributed by atoms with E-state index in [-0.39, 0.29) is 11.7 Å². The smallest absolute Gasteiger partial charge is 0.341 e. The summed E-state index contributed by atoms with van der Waals surface area (Å²) in [6, 6.07) is 10.0. The molecule has 1 fully saturated rings. The average molecular weight is 385 g/mol. The summed E-state index contributed by atoms with van der Waals surface area (Å²) >= 11 is 0. The number of aryl methyl sites for hydroxylation is 2. The number of aliphatic carboxylic acids is 1. The number of amides is 1. The molecule has 0 radical (unpaired) electrons. The molecule has 1 saturated heterocycles. The number of carboxylic acid groups (broad SMARTS) is 1. The Labute approximate surface area is 163 Å². The van der Waals surface area contributed by atoms with E-state index in [0.29, 0.717) is 30.3 Å². The van der Waals surface area contributed by atoms with Gasteiger partial charge in [0.15, 0.2) is 6.61 Å². The first-order valence-corrected chi connectivity index (χ1v) is 9.33. The number of carboxylic acids is 1. The molecule has 3 rings (SSSR count). The molecule has 2 aromatic rings. The maximum absolute atomic E-state index is 13.0. The summed E-state index contributed by atoms with van der Waals surface area (Å²) in [4.78, 5) is 25.5. The summed E-state index contributed by atoms with van der Waals surface area (Å²) < 4.78 is 18.4. The highest BCUT2D eigenvalue weighted by Gasteiger charge is 2.27. The van der Waals surface area contributed by atoms with E-state index in [1.165, 1.54) is 12.1 Å². The standard InChI is InChI=1S/C22H24FNO4/c1-14-9-18(10-15(2)21(14)28-13-20(25)26)22(27)24-8-7-17(12-24)11-16-3-5-19(23)6-4-16/h3-6,9-10,17H,7-8,11-13H2,1-2H3,(H,25,26). The normalized spacial score (nSPS) is 16.2. The lowest BCUT2D eigenvalue weighted by molar-refractivity contribution is -0.139. The fraction of sp³-hybridized carbons (Fsp3) is 0.364. The summed E-state index contributed by atoms with van der Waals surface area (Å²) in [6.07, 6.45) is 1.74. The summed E-state index contributed by atoms with van der Waals surface area (Å²) in [5.74, 6) is -0.446. The van der Waals surface area contributed by atoms with Gasteiger partial charge in [0, 0.05) is 18.7 Å². The molecule has 1 aliphatic rings. The van der Waals surface area contributed by atoms with Gasteiger partial charge in [-0.05, 0) is 73.6 Å². The van der Waals surface area contributed by atoms with E-state index in [4.69, 9.17) is 9.84 Å². The third kappa shape index (κ3) is 4.68. The number of nitrogens with zero attached hydrogens (tertiary/aromatic N) is 1. The Morgan fingerprint density at radius 1 is 1.18 bits per heavy atom. The van der Waals surface area contributed by atoms with Gasteiger partial charge in [0.2, 0.25) is 0 Å². The van der Waals surface area contributed by atoms with Crippen molar-refractivity contribution in [3.8, 4) is 5.75 Å². The zero-order valence-corrected chi connectivity index (χ0v) is 16.1. The second-order valence-electron chi connectivity index (χ2n) is 7.36. The lowest BCUT2D eigenvalue weighted by atomic mass is 9.99. The number of carbonyl (C=O) groups excluding carboxylic acids is 1. The van der Waals surface area contributed by atoms with Crippen LogP contribution in [0, 0.1) is 25.6 Å². The van der Waals surface area contributed by atoms with Crippen LogP contribution in [0.25, 0.3) is 0 Å². The molecule has 0 spiro atoms. The number of carbonyl (C=O) groups is 2. The minimum atomic E-state index is -1.04. The van der Waals surface area contributed by atoms with Crippen LogP contribution in [0.3, 0.4) is 0 Å². The Hall–Kier alpha value is -2.89. The molecular weight excluding hydrogens is 361 g/mol. The molecule has 6 heteroatoms. The van der Waals surface area contributed by atoms with Crippen molar-refractivity contribution < 1.29 is 23.8 Å². The van der Waals surface area contributed by atoms with E-state index < -0.39 is 12.6 Å². The molecule has 1 aliphatic heterocycles. The van der Waals surface area contributed by atoms with Gasteiger partial charge in [-0.2, -0.15) is 0 Å². The highest BCUT2D eigenvalue weighted by Crippen LogP contribution is 2.27. The Morgan fingerprint density at radius 2 is 1.82 bits per heavy atom. The predicted octanol–water partition coefficient (Wildman–Crippen LogP) is 3.61. The fourth-order valence-electron chi connectivity index (χ4n) is 3.76. The van der Waals surface area contributed by atoms with E-state index >= 15 is 0 Å². The summed E-state index contributed by atoms with van der Waals surface area (Å²) in [7, 11) is 0. The maximum atomic E-state index is 13.0. The fourth-order valence-corrected chi connectivity index (χ4v) is 3.76. The van der Waals surface area contributed by atoms with Crippen molar-refractivity contribution in [3.05, 3.63) is 64.5 Å². The number of likely N-dealkylation sites (tertiary alicyclic amines) is 1. The minimum absolute atomic E-state index is 0.0300. The van der Waals surface area contributed by atoms with Gasteiger partial charge < -0.3 is 14.7 Å². The second kappa shape index (κ2) is 8.42. The van der Waals surface area contributed by atoms with Gasteiger partial charge in [0.1, 0.15) is 11.6 Å². The second-order valence-corrected chi connectivity index (χ2v) is 7.36. The Bertz CT molecular complexity index is 856. The molecule has 0 saturated carbocycles. The molecule has 1 unspecified atom stereocenters. The van der Waals surface area contributed by atoms with E-state index in [1.54, 1.807) is 24.3 Å². The minimum Gasteiger partial charge on any atom is -0.481 e. The largest absolute Gasteiger partial charge is 0.481 e. The first-order valence-electron chi connectivity index (χ1n) is 9.33. The zero-order valence-electron chi connectivity index (χ0n) is 16.1. The molecule has 2 aromatic carbocycles. The number of ether oxygens (including phenoxy) is 1. The van der Waals surface area contributed by atoms with Crippen molar-refractivity contribution in [2.45, 2.75) is 26.7 Å². The predicted molar refractivity (Wildman–Crippen MR) is 103 cm³/mol. The van der Waals surface area contributed by atoms with Crippen LogP contribution in [0.4, 0.5) is 4.39 Å². The number of rotatable bonds is 6.